The van der Waals surface area contributed by atoms with Crippen LogP contribution in [0.4, 0.5) is 0 Å². The zero-order chi connectivity index (χ0) is 14.8. The fourth-order valence-corrected chi connectivity index (χ4v) is 2.05. The van der Waals surface area contributed by atoms with Crippen molar-refractivity contribution in [1.29, 1.82) is 0 Å². The van der Waals surface area contributed by atoms with Crippen LogP contribution in [0, 0.1) is 0 Å². The maximum absolute atomic E-state index is 5.86. The SMILES string of the molecule is COc1cc([C@H](C)N)ccc1OCc1noc(C2CC2)n1. The highest BCUT2D eigenvalue weighted by Crippen LogP contribution is 2.39. The third kappa shape index (κ3) is 3.16. The van der Waals surface area contributed by atoms with Crippen LogP contribution in [0.1, 0.15) is 49.0 Å². The Labute approximate surface area is 123 Å². The predicted octanol–water partition coefficient (Wildman–Crippen LogP) is 2.55. The molecule has 0 unspecified atom stereocenters. The van der Waals surface area contributed by atoms with E-state index in [0.717, 1.165) is 18.4 Å². The van der Waals surface area contributed by atoms with Gasteiger partial charge in [0, 0.05) is 12.0 Å². The molecule has 0 spiro atoms. The van der Waals surface area contributed by atoms with Gasteiger partial charge in [0.1, 0.15) is 0 Å². The van der Waals surface area contributed by atoms with Crippen LogP contribution < -0.4 is 15.2 Å². The van der Waals surface area contributed by atoms with E-state index in [2.05, 4.69) is 10.1 Å². The zero-order valence-electron chi connectivity index (χ0n) is 12.2. The number of ether oxygens (including phenoxy) is 2. The highest BCUT2D eigenvalue weighted by Gasteiger charge is 2.29. The van der Waals surface area contributed by atoms with Crippen molar-refractivity contribution in [2.24, 2.45) is 5.73 Å². The number of aromatic nitrogens is 2. The third-order valence-corrected chi connectivity index (χ3v) is 3.48. The van der Waals surface area contributed by atoms with Crippen molar-refractivity contribution in [1.82, 2.24) is 10.1 Å². The molecule has 0 aliphatic heterocycles. The summed E-state index contributed by atoms with van der Waals surface area (Å²) in [5, 5.41) is 3.92. The van der Waals surface area contributed by atoms with E-state index in [1.807, 2.05) is 25.1 Å². The van der Waals surface area contributed by atoms with E-state index in [9.17, 15) is 0 Å². The minimum atomic E-state index is -0.0498. The highest BCUT2D eigenvalue weighted by atomic mass is 16.5. The molecule has 1 fully saturated rings. The van der Waals surface area contributed by atoms with Gasteiger partial charge in [0.2, 0.25) is 11.7 Å². The third-order valence-electron chi connectivity index (χ3n) is 3.48. The first kappa shape index (κ1) is 13.9. The Balaban J connectivity index is 1.68. The Morgan fingerprint density at radius 2 is 2.19 bits per heavy atom. The summed E-state index contributed by atoms with van der Waals surface area (Å²) in [5.41, 5.74) is 6.86. The van der Waals surface area contributed by atoms with E-state index in [0.29, 0.717) is 29.1 Å². The Bertz CT molecular complexity index is 620. The highest BCUT2D eigenvalue weighted by molar-refractivity contribution is 5.43. The molecule has 0 radical (unpaired) electrons. The summed E-state index contributed by atoms with van der Waals surface area (Å²) in [5.74, 6) is 3.00. The molecule has 1 aliphatic carbocycles. The maximum Gasteiger partial charge on any atom is 0.229 e. The van der Waals surface area contributed by atoms with Crippen molar-refractivity contribution in [2.45, 2.75) is 38.3 Å². The Kier molecular flexibility index (Phi) is 3.79. The lowest BCUT2D eigenvalue weighted by Crippen LogP contribution is -2.06. The first-order chi connectivity index (χ1) is 10.2. The number of benzene rings is 1. The predicted molar refractivity (Wildman–Crippen MR) is 76.2 cm³/mol. The summed E-state index contributed by atoms with van der Waals surface area (Å²) >= 11 is 0. The second-order valence-corrected chi connectivity index (χ2v) is 5.31. The van der Waals surface area contributed by atoms with Crippen LogP contribution >= 0.6 is 0 Å². The van der Waals surface area contributed by atoms with E-state index in [4.69, 9.17) is 19.7 Å². The van der Waals surface area contributed by atoms with Gasteiger partial charge in [-0.15, -0.1) is 0 Å². The average molecular weight is 289 g/mol. The lowest BCUT2D eigenvalue weighted by molar-refractivity contribution is 0.269. The molecular weight excluding hydrogens is 270 g/mol. The van der Waals surface area contributed by atoms with Gasteiger partial charge < -0.3 is 19.7 Å². The van der Waals surface area contributed by atoms with Crippen molar-refractivity contribution in [3.63, 3.8) is 0 Å². The summed E-state index contributed by atoms with van der Waals surface area (Å²) in [7, 11) is 1.60. The molecule has 1 aliphatic rings. The molecule has 112 valence electrons. The van der Waals surface area contributed by atoms with Crippen molar-refractivity contribution in [3.8, 4) is 11.5 Å². The molecule has 21 heavy (non-hydrogen) atoms. The Morgan fingerprint density at radius 3 is 2.86 bits per heavy atom. The number of methoxy groups -OCH3 is 1. The van der Waals surface area contributed by atoms with Gasteiger partial charge in [-0.3, -0.25) is 0 Å². The fourth-order valence-electron chi connectivity index (χ4n) is 2.05. The summed E-state index contributed by atoms with van der Waals surface area (Å²) < 4.78 is 16.2. The first-order valence-electron chi connectivity index (χ1n) is 7.06. The van der Waals surface area contributed by atoms with Crippen molar-refractivity contribution < 1.29 is 14.0 Å². The van der Waals surface area contributed by atoms with Gasteiger partial charge in [-0.1, -0.05) is 11.2 Å². The molecule has 0 amide bonds. The van der Waals surface area contributed by atoms with Crippen molar-refractivity contribution in [3.05, 3.63) is 35.5 Å². The normalized spacial score (nSPS) is 15.8. The topological polar surface area (TPSA) is 83.4 Å². The molecule has 2 N–H and O–H groups in total. The standard InChI is InChI=1S/C15H19N3O3/c1-9(16)11-5-6-12(13(7-11)19-2)20-8-14-17-15(21-18-14)10-3-4-10/h5-7,9-10H,3-4,8,16H2,1-2H3/t9-/m0/s1. The van der Waals surface area contributed by atoms with Crippen LogP contribution in [0.25, 0.3) is 0 Å². The molecule has 6 nitrogen and oxygen atoms in total. The van der Waals surface area contributed by atoms with E-state index < -0.39 is 0 Å². The van der Waals surface area contributed by atoms with Crippen molar-refractivity contribution >= 4 is 0 Å². The smallest absolute Gasteiger partial charge is 0.229 e. The summed E-state index contributed by atoms with van der Waals surface area (Å²) in [6, 6.07) is 5.60. The van der Waals surface area contributed by atoms with Crippen LogP contribution in [0.15, 0.2) is 22.7 Å². The minimum Gasteiger partial charge on any atom is -0.493 e. The zero-order valence-corrected chi connectivity index (χ0v) is 12.2. The van der Waals surface area contributed by atoms with Gasteiger partial charge in [-0.25, -0.2) is 0 Å². The fraction of sp³-hybridized carbons (Fsp3) is 0.467. The summed E-state index contributed by atoms with van der Waals surface area (Å²) in [6.45, 7) is 2.18. The molecule has 1 aromatic carbocycles. The second kappa shape index (κ2) is 5.73. The lowest BCUT2D eigenvalue weighted by atomic mass is 10.1. The van der Waals surface area contributed by atoms with E-state index >= 15 is 0 Å². The first-order valence-corrected chi connectivity index (χ1v) is 7.06. The number of nitrogens with two attached hydrogens (primary N) is 1. The lowest BCUT2D eigenvalue weighted by Gasteiger charge is -2.12. The van der Waals surface area contributed by atoms with Crippen molar-refractivity contribution in [2.75, 3.05) is 7.11 Å². The van der Waals surface area contributed by atoms with Crippen LogP contribution in [-0.4, -0.2) is 17.3 Å². The number of nitrogens with zero attached hydrogens (tertiary/aromatic N) is 2. The number of hydrogen-bond acceptors (Lipinski definition) is 6. The van der Waals surface area contributed by atoms with Gasteiger partial charge >= 0.3 is 0 Å². The van der Waals surface area contributed by atoms with Gasteiger partial charge in [0.05, 0.1) is 7.11 Å². The molecule has 3 rings (SSSR count). The molecular formula is C15H19N3O3. The van der Waals surface area contributed by atoms with Gasteiger partial charge in [0.25, 0.3) is 0 Å². The monoisotopic (exact) mass is 289 g/mol. The quantitative estimate of drug-likeness (QED) is 0.880. The van der Waals surface area contributed by atoms with Crippen LogP contribution in [0.5, 0.6) is 11.5 Å². The molecule has 2 aromatic rings. The van der Waals surface area contributed by atoms with Crippen LogP contribution in [0.2, 0.25) is 0 Å². The maximum atomic E-state index is 5.86. The Morgan fingerprint density at radius 1 is 1.38 bits per heavy atom. The van der Waals surface area contributed by atoms with E-state index in [1.54, 1.807) is 7.11 Å². The molecule has 1 heterocycles. The molecule has 1 saturated carbocycles. The number of hydrogen-bond donors (Lipinski definition) is 1. The van der Waals surface area contributed by atoms with Gasteiger partial charge in [-0.05, 0) is 37.5 Å². The average Bonchev–Trinajstić information content (AvgIpc) is 3.24. The molecule has 0 bridgehead atoms. The van der Waals surface area contributed by atoms with Crippen LogP contribution in [-0.2, 0) is 6.61 Å². The summed E-state index contributed by atoms with van der Waals surface area (Å²) in [4.78, 5) is 4.33. The molecule has 1 atom stereocenters. The largest absolute Gasteiger partial charge is 0.493 e. The minimum absolute atomic E-state index is 0.0498. The van der Waals surface area contributed by atoms with Crippen LogP contribution in [0.3, 0.4) is 0 Å². The Hall–Kier alpha value is -2.08. The second-order valence-electron chi connectivity index (χ2n) is 5.31. The van der Waals surface area contributed by atoms with E-state index in [1.165, 1.54) is 0 Å². The molecule has 0 saturated heterocycles. The van der Waals surface area contributed by atoms with E-state index in [-0.39, 0.29) is 12.6 Å². The summed E-state index contributed by atoms with van der Waals surface area (Å²) in [6.07, 6.45) is 2.27. The molecule has 6 heteroatoms. The van der Waals surface area contributed by atoms with Gasteiger partial charge in [0.15, 0.2) is 18.1 Å². The van der Waals surface area contributed by atoms with Gasteiger partial charge in [-0.2, -0.15) is 4.98 Å². The number of rotatable bonds is 6. The molecule has 1 aromatic heterocycles.